The predicted octanol–water partition coefficient (Wildman–Crippen LogP) is -1.33. The molecule has 0 radical (unpaired) electrons. The molecule has 6 atom stereocenters. The molecule has 1 amide bonds. The highest BCUT2D eigenvalue weighted by atomic mass is 16.8. The monoisotopic (exact) mass is 377 g/mol. The van der Waals surface area contributed by atoms with Crippen molar-refractivity contribution in [3.63, 3.8) is 0 Å². The van der Waals surface area contributed by atoms with Crippen LogP contribution in [0.5, 0.6) is 0 Å². The summed E-state index contributed by atoms with van der Waals surface area (Å²) in [7, 11) is 2.38. The Kier molecular flexibility index (Phi) is 6.26. The van der Waals surface area contributed by atoms with E-state index in [0.717, 1.165) is 7.11 Å². The van der Waals surface area contributed by atoms with Crippen molar-refractivity contribution in [3.8, 4) is 0 Å². The normalized spacial score (nSPS) is 37.8. The summed E-state index contributed by atoms with van der Waals surface area (Å²) in [4.78, 5) is 23.7. The van der Waals surface area contributed by atoms with E-state index in [0.29, 0.717) is 0 Å². The fourth-order valence-corrected chi connectivity index (χ4v) is 3.25. The van der Waals surface area contributed by atoms with E-state index in [4.69, 9.17) is 23.7 Å². The predicted molar refractivity (Wildman–Crippen MR) is 85.8 cm³/mol. The Morgan fingerprint density at radius 2 is 1.92 bits per heavy atom. The number of carbonyl (C=O) groups excluding carboxylic acids is 2. The molecule has 3 N–H and O–H groups in total. The van der Waals surface area contributed by atoms with Crippen LogP contribution < -0.4 is 5.32 Å². The Morgan fingerprint density at radius 3 is 2.38 bits per heavy atom. The van der Waals surface area contributed by atoms with Gasteiger partial charge in [-0.15, -0.1) is 0 Å². The van der Waals surface area contributed by atoms with Gasteiger partial charge in [0, 0.05) is 20.5 Å². The summed E-state index contributed by atoms with van der Waals surface area (Å²) >= 11 is 0. The fraction of sp³-hybridized carbons (Fsp3) is 0.875. The first-order chi connectivity index (χ1) is 12.0. The first-order valence-corrected chi connectivity index (χ1v) is 8.31. The summed E-state index contributed by atoms with van der Waals surface area (Å²) < 4.78 is 26.7. The molecule has 0 aliphatic carbocycles. The van der Waals surface area contributed by atoms with Gasteiger partial charge in [-0.1, -0.05) is 0 Å². The van der Waals surface area contributed by atoms with Gasteiger partial charge in [0.15, 0.2) is 5.79 Å². The maximum absolute atomic E-state index is 12.2. The van der Waals surface area contributed by atoms with Gasteiger partial charge in [0.25, 0.3) is 5.79 Å². The molecule has 2 aliphatic heterocycles. The molecule has 0 bridgehead atoms. The Hall–Kier alpha value is -1.30. The number of aliphatic hydroxyl groups excluding tert-OH is 2. The van der Waals surface area contributed by atoms with Crippen molar-refractivity contribution in [2.45, 2.75) is 69.2 Å². The number of nitrogens with one attached hydrogen (secondary N) is 1. The number of esters is 1. The van der Waals surface area contributed by atoms with E-state index in [-0.39, 0.29) is 13.0 Å². The Labute approximate surface area is 151 Å². The minimum atomic E-state index is -1.91. The minimum absolute atomic E-state index is 0.0785. The van der Waals surface area contributed by atoms with E-state index >= 15 is 0 Å². The lowest BCUT2D eigenvalue weighted by molar-refractivity contribution is -0.305. The summed E-state index contributed by atoms with van der Waals surface area (Å²) in [5, 5.41) is 23.9. The average molecular weight is 377 g/mol. The van der Waals surface area contributed by atoms with Crippen LogP contribution in [-0.4, -0.2) is 84.9 Å². The molecule has 0 aromatic heterocycles. The van der Waals surface area contributed by atoms with Gasteiger partial charge in [0.2, 0.25) is 5.91 Å². The lowest BCUT2D eigenvalue weighted by Gasteiger charge is -2.46. The van der Waals surface area contributed by atoms with Crippen molar-refractivity contribution >= 4 is 11.9 Å². The van der Waals surface area contributed by atoms with Crippen LogP contribution in [0.3, 0.4) is 0 Å². The molecule has 2 saturated heterocycles. The van der Waals surface area contributed by atoms with E-state index in [1.165, 1.54) is 14.0 Å². The Balaban J connectivity index is 2.31. The van der Waals surface area contributed by atoms with Crippen molar-refractivity contribution in [1.29, 1.82) is 0 Å². The first kappa shape index (κ1) is 21.0. The third-order valence-corrected chi connectivity index (χ3v) is 4.52. The smallest absolute Gasteiger partial charge is 0.366 e. The highest BCUT2D eigenvalue weighted by Gasteiger charge is 2.56. The van der Waals surface area contributed by atoms with Crippen LogP contribution in [0.2, 0.25) is 0 Å². The van der Waals surface area contributed by atoms with Gasteiger partial charge in [-0.3, -0.25) is 4.79 Å². The third kappa shape index (κ3) is 4.16. The van der Waals surface area contributed by atoms with E-state index in [1.807, 2.05) is 0 Å². The third-order valence-electron chi connectivity index (χ3n) is 4.52. The molecule has 0 unspecified atom stereocenters. The number of hydrogen-bond acceptors (Lipinski definition) is 9. The van der Waals surface area contributed by atoms with Gasteiger partial charge >= 0.3 is 5.97 Å². The summed E-state index contributed by atoms with van der Waals surface area (Å²) in [6, 6.07) is -0.984. The number of ether oxygens (including phenoxy) is 5. The second kappa shape index (κ2) is 7.75. The molecule has 150 valence electrons. The van der Waals surface area contributed by atoms with Crippen LogP contribution in [-0.2, 0) is 33.3 Å². The molecule has 0 spiro atoms. The summed E-state index contributed by atoms with van der Waals surface area (Å²) in [5.74, 6) is -4.10. The van der Waals surface area contributed by atoms with Crippen molar-refractivity contribution in [3.05, 3.63) is 0 Å². The number of rotatable bonds is 5. The number of carbonyl (C=O) groups is 2. The number of amides is 1. The van der Waals surface area contributed by atoms with Gasteiger partial charge < -0.3 is 39.2 Å². The highest BCUT2D eigenvalue weighted by molar-refractivity contribution is 5.78. The zero-order chi connectivity index (χ0) is 19.7. The maximum atomic E-state index is 12.2. The molecule has 0 aromatic rings. The largest absolute Gasteiger partial charge is 0.465 e. The van der Waals surface area contributed by atoms with Crippen LogP contribution in [0, 0.1) is 0 Å². The van der Waals surface area contributed by atoms with Crippen molar-refractivity contribution in [2.24, 2.45) is 0 Å². The maximum Gasteiger partial charge on any atom is 0.366 e. The summed E-state index contributed by atoms with van der Waals surface area (Å²) in [5.41, 5.74) is 0. The van der Waals surface area contributed by atoms with E-state index in [1.54, 1.807) is 13.8 Å². The van der Waals surface area contributed by atoms with Crippen molar-refractivity contribution < 1.29 is 43.5 Å². The van der Waals surface area contributed by atoms with Crippen molar-refractivity contribution in [1.82, 2.24) is 5.32 Å². The first-order valence-electron chi connectivity index (χ1n) is 8.31. The van der Waals surface area contributed by atoms with Crippen LogP contribution in [0.1, 0.15) is 27.2 Å². The summed E-state index contributed by atoms with van der Waals surface area (Å²) in [6.45, 7) is 4.73. The van der Waals surface area contributed by atoms with Crippen LogP contribution in [0.25, 0.3) is 0 Å². The standard InChI is InChI=1S/C16H27NO9/c1-8(18)17-11-9(19)6-16(23-5,14(21)22-4)26-13(11)12(20)10-7-24-15(2,3)25-10/h9-13,19-20H,6-7H2,1-5H3,(H,17,18)/t9-,10+,11+,12+,13+,16+/m0/s1. The quantitative estimate of drug-likeness (QED) is 0.498. The van der Waals surface area contributed by atoms with Gasteiger partial charge in [-0.2, -0.15) is 0 Å². The number of methoxy groups -OCH3 is 2. The number of hydrogen-bond donors (Lipinski definition) is 3. The van der Waals surface area contributed by atoms with Gasteiger partial charge in [0.1, 0.15) is 18.3 Å². The zero-order valence-electron chi connectivity index (χ0n) is 15.6. The van der Waals surface area contributed by atoms with E-state index in [9.17, 15) is 19.8 Å². The second-order valence-electron chi connectivity index (χ2n) is 6.89. The van der Waals surface area contributed by atoms with Crippen LogP contribution >= 0.6 is 0 Å². The Bertz CT molecular complexity index is 540. The topological polar surface area (TPSA) is 133 Å². The molecule has 2 heterocycles. The van der Waals surface area contributed by atoms with Gasteiger partial charge in [-0.05, 0) is 13.8 Å². The molecule has 2 fully saturated rings. The molecule has 2 rings (SSSR count). The lowest BCUT2D eigenvalue weighted by atomic mass is 9.88. The molecule has 0 aromatic carbocycles. The Morgan fingerprint density at radius 1 is 1.27 bits per heavy atom. The molecule has 10 heteroatoms. The summed E-state index contributed by atoms with van der Waals surface area (Å²) in [6.07, 6.45) is -4.82. The van der Waals surface area contributed by atoms with Gasteiger partial charge in [0.05, 0.1) is 25.9 Å². The molecule has 10 nitrogen and oxygen atoms in total. The van der Waals surface area contributed by atoms with E-state index < -0.39 is 53.9 Å². The van der Waals surface area contributed by atoms with Gasteiger partial charge in [-0.25, -0.2) is 4.79 Å². The molecule has 2 aliphatic rings. The average Bonchev–Trinajstić information content (AvgIpc) is 2.94. The minimum Gasteiger partial charge on any atom is -0.465 e. The molecule has 26 heavy (non-hydrogen) atoms. The lowest BCUT2D eigenvalue weighted by Crippen LogP contribution is -2.67. The SMILES string of the molecule is COC(=O)[C@@]1(OC)C[C@H](O)[C@@H](NC(C)=O)[C@H]([C@H](O)[C@H]2COC(C)(C)O2)O1. The molecule has 0 saturated carbocycles. The molecular formula is C16H27NO9. The van der Waals surface area contributed by atoms with Crippen LogP contribution in [0.4, 0.5) is 0 Å². The number of aliphatic hydroxyl groups is 2. The molecular weight excluding hydrogens is 350 g/mol. The zero-order valence-corrected chi connectivity index (χ0v) is 15.6. The second-order valence-corrected chi connectivity index (χ2v) is 6.89. The highest BCUT2D eigenvalue weighted by Crippen LogP contribution is 2.35. The van der Waals surface area contributed by atoms with E-state index in [2.05, 4.69) is 5.32 Å². The van der Waals surface area contributed by atoms with Crippen molar-refractivity contribution in [2.75, 3.05) is 20.8 Å². The van der Waals surface area contributed by atoms with Crippen LogP contribution in [0.15, 0.2) is 0 Å². The fourth-order valence-electron chi connectivity index (χ4n) is 3.25.